The third kappa shape index (κ3) is 2.33. The molecule has 1 saturated heterocycles. The molecule has 0 amide bonds. The highest BCUT2D eigenvalue weighted by Crippen LogP contribution is 2.29. The average molecular weight is 198 g/mol. The standard InChI is InChI=1S/C10H14O4/c1-6-4-9-8(14-9)3-2-7(11)5-10(12)13-6/h2-3,6-9,11H,4-5H2,1H3/t6-,7?,8-,9+/m1/s1. The number of esters is 1. The minimum absolute atomic E-state index is 0.0260. The highest BCUT2D eigenvalue weighted by Gasteiger charge is 2.38. The molecule has 0 radical (unpaired) electrons. The summed E-state index contributed by atoms with van der Waals surface area (Å²) in [5, 5.41) is 9.38. The van der Waals surface area contributed by atoms with Crippen molar-refractivity contribution in [3.63, 3.8) is 0 Å². The lowest BCUT2D eigenvalue weighted by Crippen LogP contribution is -2.21. The van der Waals surface area contributed by atoms with Crippen molar-refractivity contribution < 1.29 is 19.4 Å². The summed E-state index contributed by atoms with van der Waals surface area (Å²) in [6.45, 7) is 1.84. The summed E-state index contributed by atoms with van der Waals surface area (Å²) < 4.78 is 10.4. The summed E-state index contributed by atoms with van der Waals surface area (Å²) in [4.78, 5) is 11.2. The Bertz CT molecular complexity index is 261. The van der Waals surface area contributed by atoms with Crippen LogP contribution in [0.3, 0.4) is 0 Å². The van der Waals surface area contributed by atoms with Crippen molar-refractivity contribution in [1.29, 1.82) is 0 Å². The summed E-state index contributed by atoms with van der Waals surface area (Å²) in [5.74, 6) is -0.353. The van der Waals surface area contributed by atoms with Crippen LogP contribution in [0, 0.1) is 0 Å². The van der Waals surface area contributed by atoms with E-state index in [1.165, 1.54) is 0 Å². The third-order valence-electron chi connectivity index (χ3n) is 2.42. The Hall–Kier alpha value is -0.870. The van der Waals surface area contributed by atoms with Gasteiger partial charge in [0.1, 0.15) is 12.2 Å². The predicted octanol–water partition coefficient (Wildman–Crippen LogP) is 0.396. The van der Waals surface area contributed by atoms with Crippen molar-refractivity contribution in [2.75, 3.05) is 0 Å². The van der Waals surface area contributed by atoms with Gasteiger partial charge in [-0.15, -0.1) is 0 Å². The number of carbonyl (C=O) groups excluding carboxylic acids is 1. The van der Waals surface area contributed by atoms with Crippen LogP contribution in [-0.4, -0.2) is 35.5 Å². The maximum Gasteiger partial charge on any atom is 0.309 e. The number of cyclic esters (lactones) is 1. The van der Waals surface area contributed by atoms with Crippen molar-refractivity contribution in [2.24, 2.45) is 0 Å². The smallest absolute Gasteiger partial charge is 0.309 e. The van der Waals surface area contributed by atoms with Gasteiger partial charge in [-0.3, -0.25) is 4.79 Å². The average Bonchev–Trinajstić information content (AvgIpc) is 2.78. The molecule has 2 heterocycles. The quantitative estimate of drug-likeness (QED) is 0.347. The van der Waals surface area contributed by atoms with Gasteiger partial charge in [0.2, 0.25) is 0 Å². The van der Waals surface area contributed by atoms with Crippen LogP contribution in [0.15, 0.2) is 12.2 Å². The number of epoxide rings is 1. The largest absolute Gasteiger partial charge is 0.462 e. The molecule has 4 atom stereocenters. The number of rotatable bonds is 0. The van der Waals surface area contributed by atoms with Crippen LogP contribution >= 0.6 is 0 Å². The van der Waals surface area contributed by atoms with Gasteiger partial charge in [0.25, 0.3) is 0 Å². The van der Waals surface area contributed by atoms with Crippen LogP contribution in [0.4, 0.5) is 0 Å². The second-order valence-corrected chi connectivity index (χ2v) is 3.83. The SMILES string of the molecule is C[C@@H]1C[C@@H]2O[C@@H]2C=CC(O)CC(=O)O1. The van der Waals surface area contributed by atoms with E-state index in [1.807, 2.05) is 13.0 Å². The maximum absolute atomic E-state index is 11.2. The lowest BCUT2D eigenvalue weighted by atomic mass is 10.1. The van der Waals surface area contributed by atoms with Gasteiger partial charge in [-0.05, 0) is 6.92 Å². The van der Waals surface area contributed by atoms with Crippen molar-refractivity contribution in [3.8, 4) is 0 Å². The Morgan fingerprint density at radius 3 is 3.07 bits per heavy atom. The molecule has 0 spiro atoms. The number of hydrogen-bond acceptors (Lipinski definition) is 4. The highest BCUT2D eigenvalue weighted by molar-refractivity contribution is 5.70. The van der Waals surface area contributed by atoms with Crippen molar-refractivity contribution in [2.45, 2.75) is 44.2 Å². The predicted molar refractivity (Wildman–Crippen MR) is 48.6 cm³/mol. The number of hydrogen-bond donors (Lipinski definition) is 1. The van der Waals surface area contributed by atoms with Gasteiger partial charge >= 0.3 is 5.97 Å². The van der Waals surface area contributed by atoms with Gasteiger partial charge in [0.05, 0.1) is 18.6 Å². The molecule has 1 unspecified atom stereocenters. The molecule has 0 bridgehead atoms. The van der Waals surface area contributed by atoms with Gasteiger partial charge < -0.3 is 14.6 Å². The van der Waals surface area contributed by atoms with Gasteiger partial charge in [0.15, 0.2) is 0 Å². The van der Waals surface area contributed by atoms with Gasteiger partial charge in [-0.25, -0.2) is 0 Å². The van der Waals surface area contributed by atoms with E-state index in [9.17, 15) is 9.90 Å². The van der Waals surface area contributed by atoms with Crippen molar-refractivity contribution in [3.05, 3.63) is 12.2 Å². The molecular weight excluding hydrogens is 184 g/mol. The normalized spacial score (nSPS) is 42.6. The zero-order chi connectivity index (χ0) is 10.1. The van der Waals surface area contributed by atoms with Crippen LogP contribution in [0.25, 0.3) is 0 Å². The van der Waals surface area contributed by atoms with E-state index in [-0.39, 0.29) is 30.7 Å². The van der Waals surface area contributed by atoms with E-state index in [4.69, 9.17) is 9.47 Å². The molecule has 2 aliphatic heterocycles. The first kappa shape index (κ1) is 9.68. The summed E-state index contributed by atoms with van der Waals surface area (Å²) in [7, 11) is 0. The van der Waals surface area contributed by atoms with Crippen LogP contribution < -0.4 is 0 Å². The summed E-state index contributed by atoms with van der Waals surface area (Å²) in [6, 6.07) is 0. The minimum atomic E-state index is -0.752. The lowest BCUT2D eigenvalue weighted by Gasteiger charge is -2.13. The molecule has 0 aromatic carbocycles. The van der Waals surface area contributed by atoms with Crippen LogP contribution in [0.2, 0.25) is 0 Å². The molecule has 4 nitrogen and oxygen atoms in total. The molecule has 0 aromatic heterocycles. The fourth-order valence-corrected chi connectivity index (χ4v) is 1.64. The molecule has 14 heavy (non-hydrogen) atoms. The molecule has 0 aromatic rings. The first-order valence-corrected chi connectivity index (χ1v) is 4.86. The number of aliphatic hydroxyl groups is 1. The first-order valence-electron chi connectivity index (χ1n) is 4.86. The second-order valence-electron chi connectivity index (χ2n) is 3.83. The molecule has 1 N–H and O–H groups in total. The number of fused-ring (bicyclic) bond motifs is 1. The molecule has 4 heteroatoms. The van der Waals surface area contributed by atoms with Crippen LogP contribution in [0.1, 0.15) is 19.8 Å². The lowest BCUT2D eigenvalue weighted by molar-refractivity contribution is -0.150. The Labute approximate surface area is 82.5 Å². The Balaban J connectivity index is 2.02. The maximum atomic E-state index is 11.2. The molecule has 0 aliphatic carbocycles. The highest BCUT2D eigenvalue weighted by atomic mass is 16.6. The summed E-state index contributed by atoms with van der Waals surface area (Å²) in [5.41, 5.74) is 0. The Morgan fingerprint density at radius 1 is 1.50 bits per heavy atom. The fraction of sp³-hybridized carbons (Fsp3) is 0.700. The van der Waals surface area contributed by atoms with Crippen LogP contribution in [-0.2, 0) is 14.3 Å². The van der Waals surface area contributed by atoms with E-state index in [0.29, 0.717) is 0 Å². The van der Waals surface area contributed by atoms with E-state index in [2.05, 4.69) is 0 Å². The van der Waals surface area contributed by atoms with E-state index in [0.717, 1.165) is 6.42 Å². The zero-order valence-electron chi connectivity index (χ0n) is 8.05. The minimum Gasteiger partial charge on any atom is -0.462 e. The molecule has 0 saturated carbocycles. The van der Waals surface area contributed by atoms with E-state index in [1.54, 1.807) is 6.08 Å². The number of carbonyl (C=O) groups is 1. The molecule has 1 fully saturated rings. The first-order chi connectivity index (χ1) is 6.65. The summed E-state index contributed by atoms with van der Waals surface area (Å²) in [6.07, 6.45) is 3.55. The van der Waals surface area contributed by atoms with Gasteiger partial charge in [-0.1, -0.05) is 12.2 Å². The Morgan fingerprint density at radius 2 is 2.29 bits per heavy atom. The van der Waals surface area contributed by atoms with E-state index < -0.39 is 6.10 Å². The Kier molecular flexibility index (Phi) is 2.56. The molecule has 78 valence electrons. The number of aliphatic hydroxyl groups excluding tert-OH is 1. The fourth-order valence-electron chi connectivity index (χ4n) is 1.64. The van der Waals surface area contributed by atoms with E-state index >= 15 is 0 Å². The molecule has 2 rings (SSSR count). The van der Waals surface area contributed by atoms with Crippen LogP contribution in [0.5, 0.6) is 0 Å². The molecular formula is C10H14O4. The monoisotopic (exact) mass is 198 g/mol. The molecule has 2 aliphatic rings. The summed E-state index contributed by atoms with van der Waals surface area (Å²) >= 11 is 0. The van der Waals surface area contributed by atoms with Crippen molar-refractivity contribution in [1.82, 2.24) is 0 Å². The number of ether oxygens (including phenoxy) is 2. The second kappa shape index (κ2) is 3.71. The van der Waals surface area contributed by atoms with Crippen molar-refractivity contribution >= 4 is 5.97 Å². The zero-order valence-corrected chi connectivity index (χ0v) is 8.05. The van der Waals surface area contributed by atoms with Gasteiger partial charge in [-0.2, -0.15) is 0 Å². The third-order valence-corrected chi connectivity index (χ3v) is 2.42. The van der Waals surface area contributed by atoms with Gasteiger partial charge in [0, 0.05) is 6.42 Å². The topological polar surface area (TPSA) is 59.1 Å².